The molecule has 0 bridgehead atoms. The lowest BCUT2D eigenvalue weighted by Crippen LogP contribution is -2.49. The van der Waals surface area contributed by atoms with Crippen molar-refractivity contribution < 1.29 is 14.3 Å². The monoisotopic (exact) mass is 449 g/mol. The molecular formula is C22H25Cl2N3O3. The summed E-state index contributed by atoms with van der Waals surface area (Å²) >= 11 is 12.0. The van der Waals surface area contributed by atoms with Gasteiger partial charge in [0.2, 0.25) is 5.91 Å². The van der Waals surface area contributed by atoms with E-state index in [1.165, 1.54) is 0 Å². The minimum absolute atomic E-state index is 0.132. The van der Waals surface area contributed by atoms with Gasteiger partial charge in [-0.1, -0.05) is 30.1 Å². The first-order valence-corrected chi connectivity index (χ1v) is 10.7. The van der Waals surface area contributed by atoms with E-state index in [0.29, 0.717) is 54.1 Å². The third-order valence-corrected chi connectivity index (χ3v) is 5.34. The number of hydrogen-bond acceptors (Lipinski definition) is 4. The van der Waals surface area contributed by atoms with E-state index >= 15 is 0 Å². The molecule has 1 heterocycles. The van der Waals surface area contributed by atoms with Gasteiger partial charge in [0.1, 0.15) is 5.75 Å². The number of piperazine rings is 1. The van der Waals surface area contributed by atoms with Crippen LogP contribution in [-0.2, 0) is 9.59 Å². The molecule has 1 fully saturated rings. The second-order valence-corrected chi connectivity index (χ2v) is 7.94. The van der Waals surface area contributed by atoms with Crippen LogP contribution in [0.3, 0.4) is 0 Å². The van der Waals surface area contributed by atoms with Gasteiger partial charge in [0.25, 0.3) is 5.91 Å². The summed E-state index contributed by atoms with van der Waals surface area (Å²) < 4.78 is 5.51. The number of ether oxygens (including phenoxy) is 1. The van der Waals surface area contributed by atoms with Crippen molar-refractivity contribution in [1.29, 1.82) is 0 Å². The molecule has 2 aromatic carbocycles. The predicted molar refractivity (Wildman–Crippen MR) is 121 cm³/mol. The maximum atomic E-state index is 12.4. The average Bonchev–Trinajstić information content (AvgIpc) is 2.74. The topological polar surface area (TPSA) is 61.9 Å². The molecule has 0 aromatic heterocycles. The minimum Gasteiger partial charge on any atom is -0.484 e. The second kappa shape index (κ2) is 10.5. The van der Waals surface area contributed by atoms with E-state index in [0.717, 1.165) is 12.1 Å². The molecule has 1 aliphatic rings. The second-order valence-electron chi connectivity index (χ2n) is 7.07. The third kappa shape index (κ3) is 6.03. The van der Waals surface area contributed by atoms with Crippen LogP contribution < -0.4 is 15.0 Å². The van der Waals surface area contributed by atoms with Crippen molar-refractivity contribution >= 4 is 46.4 Å². The van der Waals surface area contributed by atoms with E-state index in [4.69, 9.17) is 27.9 Å². The predicted octanol–water partition coefficient (Wildman–Crippen LogP) is 4.46. The Bertz CT molecular complexity index is 882. The zero-order chi connectivity index (χ0) is 21.5. The third-order valence-electron chi connectivity index (χ3n) is 4.85. The summed E-state index contributed by atoms with van der Waals surface area (Å²) in [4.78, 5) is 28.6. The number of amides is 2. The maximum Gasteiger partial charge on any atom is 0.262 e. The van der Waals surface area contributed by atoms with Crippen LogP contribution in [-0.4, -0.2) is 49.5 Å². The van der Waals surface area contributed by atoms with Gasteiger partial charge in [-0.05, 0) is 48.9 Å². The maximum absolute atomic E-state index is 12.4. The smallest absolute Gasteiger partial charge is 0.262 e. The van der Waals surface area contributed by atoms with Gasteiger partial charge in [-0.25, -0.2) is 0 Å². The molecule has 0 spiro atoms. The van der Waals surface area contributed by atoms with Crippen molar-refractivity contribution in [1.82, 2.24) is 4.90 Å². The normalized spacial score (nSPS) is 13.8. The van der Waals surface area contributed by atoms with Crippen molar-refractivity contribution in [3.8, 4) is 5.75 Å². The molecule has 3 rings (SSSR count). The van der Waals surface area contributed by atoms with E-state index in [1.54, 1.807) is 36.4 Å². The van der Waals surface area contributed by atoms with Gasteiger partial charge < -0.3 is 19.9 Å². The lowest BCUT2D eigenvalue weighted by molar-refractivity contribution is -0.131. The van der Waals surface area contributed by atoms with Gasteiger partial charge in [-0.3, -0.25) is 9.59 Å². The summed E-state index contributed by atoms with van der Waals surface area (Å²) in [6.45, 7) is 4.59. The van der Waals surface area contributed by atoms with E-state index in [1.807, 2.05) is 17.9 Å². The van der Waals surface area contributed by atoms with Crippen LogP contribution in [0, 0.1) is 0 Å². The molecule has 160 valence electrons. The SMILES string of the molecule is CCCC(=O)N1CCN(c2ccc(Cl)cc2NC(=O)COc2ccc(Cl)cc2)CC1. The van der Waals surface area contributed by atoms with E-state index in [9.17, 15) is 9.59 Å². The number of benzene rings is 2. The number of rotatable bonds is 7. The van der Waals surface area contributed by atoms with Gasteiger partial charge >= 0.3 is 0 Å². The number of nitrogens with zero attached hydrogens (tertiary/aromatic N) is 2. The van der Waals surface area contributed by atoms with Gasteiger partial charge in [0.15, 0.2) is 6.61 Å². The molecule has 2 aromatic rings. The van der Waals surface area contributed by atoms with Crippen molar-refractivity contribution in [3.63, 3.8) is 0 Å². The summed E-state index contributed by atoms with van der Waals surface area (Å²) in [6, 6.07) is 12.2. The van der Waals surface area contributed by atoms with Crippen molar-refractivity contribution in [2.45, 2.75) is 19.8 Å². The highest BCUT2D eigenvalue weighted by Gasteiger charge is 2.22. The van der Waals surface area contributed by atoms with Crippen LogP contribution in [0.25, 0.3) is 0 Å². The largest absolute Gasteiger partial charge is 0.484 e. The molecule has 2 amide bonds. The van der Waals surface area contributed by atoms with Crippen molar-refractivity contribution in [3.05, 3.63) is 52.5 Å². The molecular weight excluding hydrogens is 425 g/mol. The van der Waals surface area contributed by atoms with Gasteiger partial charge in [0.05, 0.1) is 11.4 Å². The summed E-state index contributed by atoms with van der Waals surface area (Å²) in [7, 11) is 0. The Balaban J connectivity index is 1.61. The lowest BCUT2D eigenvalue weighted by Gasteiger charge is -2.37. The Kier molecular flexibility index (Phi) is 7.82. The van der Waals surface area contributed by atoms with Gasteiger partial charge in [-0.15, -0.1) is 0 Å². The van der Waals surface area contributed by atoms with Crippen LogP contribution >= 0.6 is 23.2 Å². The molecule has 0 atom stereocenters. The standard InChI is InChI=1S/C22H25Cl2N3O3/c1-2-3-22(29)27-12-10-26(11-13-27)20-9-6-17(24)14-19(20)25-21(28)15-30-18-7-4-16(23)5-8-18/h4-9,14H,2-3,10-13,15H2,1H3,(H,25,28). The number of carbonyl (C=O) groups excluding carboxylic acids is 2. The highest BCUT2D eigenvalue weighted by molar-refractivity contribution is 6.31. The first kappa shape index (κ1) is 22.2. The van der Waals surface area contributed by atoms with E-state index in [-0.39, 0.29) is 18.4 Å². The molecule has 8 heteroatoms. The quantitative estimate of drug-likeness (QED) is 0.677. The Morgan fingerprint density at radius 2 is 1.67 bits per heavy atom. The number of halogens is 2. The van der Waals surface area contributed by atoms with Crippen molar-refractivity contribution in [2.75, 3.05) is 43.0 Å². The van der Waals surface area contributed by atoms with Crippen LogP contribution in [0.1, 0.15) is 19.8 Å². The van der Waals surface area contributed by atoms with Gasteiger partial charge in [0, 0.05) is 42.6 Å². The number of carbonyl (C=O) groups is 2. The van der Waals surface area contributed by atoms with E-state index < -0.39 is 0 Å². The molecule has 6 nitrogen and oxygen atoms in total. The first-order chi connectivity index (χ1) is 14.5. The molecule has 1 aliphatic heterocycles. The molecule has 1 N–H and O–H groups in total. The zero-order valence-corrected chi connectivity index (χ0v) is 18.4. The molecule has 1 saturated heterocycles. The lowest BCUT2D eigenvalue weighted by atomic mass is 10.2. The van der Waals surface area contributed by atoms with Crippen LogP contribution in [0.2, 0.25) is 10.0 Å². The highest BCUT2D eigenvalue weighted by atomic mass is 35.5. The molecule has 0 radical (unpaired) electrons. The molecule has 0 saturated carbocycles. The Morgan fingerprint density at radius 3 is 2.33 bits per heavy atom. The van der Waals surface area contributed by atoms with Crippen LogP contribution in [0.4, 0.5) is 11.4 Å². The Hall–Kier alpha value is -2.44. The number of nitrogens with one attached hydrogen (secondary N) is 1. The van der Waals surface area contributed by atoms with Crippen LogP contribution in [0.15, 0.2) is 42.5 Å². The number of hydrogen-bond donors (Lipinski definition) is 1. The summed E-state index contributed by atoms with van der Waals surface area (Å²) in [5.41, 5.74) is 1.50. The summed E-state index contributed by atoms with van der Waals surface area (Å²) in [6.07, 6.45) is 1.43. The highest BCUT2D eigenvalue weighted by Crippen LogP contribution is 2.30. The fourth-order valence-electron chi connectivity index (χ4n) is 3.32. The molecule has 0 aliphatic carbocycles. The zero-order valence-electron chi connectivity index (χ0n) is 16.9. The fraction of sp³-hybridized carbons (Fsp3) is 0.364. The summed E-state index contributed by atoms with van der Waals surface area (Å²) in [5, 5.41) is 4.02. The fourth-order valence-corrected chi connectivity index (χ4v) is 3.62. The molecule has 30 heavy (non-hydrogen) atoms. The Labute approximate surface area is 186 Å². The van der Waals surface area contributed by atoms with E-state index in [2.05, 4.69) is 10.2 Å². The average molecular weight is 450 g/mol. The van der Waals surface area contributed by atoms with Crippen molar-refractivity contribution in [2.24, 2.45) is 0 Å². The Morgan fingerprint density at radius 1 is 1.00 bits per heavy atom. The summed E-state index contributed by atoms with van der Waals surface area (Å²) in [5.74, 6) is 0.472. The van der Waals surface area contributed by atoms with Crippen LogP contribution in [0.5, 0.6) is 5.75 Å². The first-order valence-electron chi connectivity index (χ1n) is 9.96. The number of anilines is 2. The minimum atomic E-state index is -0.287. The van der Waals surface area contributed by atoms with Gasteiger partial charge in [-0.2, -0.15) is 0 Å². The molecule has 0 unspecified atom stereocenters.